The molecule has 2 amide bonds. The van der Waals surface area contributed by atoms with E-state index in [1.807, 2.05) is 73.7 Å². The molecule has 6 nitrogen and oxygen atoms in total. The van der Waals surface area contributed by atoms with Gasteiger partial charge < -0.3 is 15.1 Å². The fourth-order valence-electron chi connectivity index (χ4n) is 2.99. The van der Waals surface area contributed by atoms with Gasteiger partial charge in [0.15, 0.2) is 0 Å². The zero-order chi connectivity index (χ0) is 20.9. The summed E-state index contributed by atoms with van der Waals surface area (Å²) in [6.07, 6.45) is 0. The largest absolute Gasteiger partial charge is 0.418 e. The fraction of sp³-hybridized carbons (Fsp3) is 0.0870. The minimum absolute atomic E-state index is 0.283. The van der Waals surface area contributed by atoms with Crippen molar-refractivity contribution >= 4 is 23.3 Å². The number of hydrogen-bond acceptors (Lipinski definition) is 4. The van der Waals surface area contributed by atoms with Crippen molar-refractivity contribution in [3.05, 3.63) is 101 Å². The quantitative estimate of drug-likeness (QED) is 0.441. The smallest absolute Gasteiger partial charge is 0.320 e. The van der Waals surface area contributed by atoms with Gasteiger partial charge in [-0.05, 0) is 42.3 Å². The van der Waals surface area contributed by atoms with Gasteiger partial charge in [0.05, 0.1) is 10.7 Å². The van der Waals surface area contributed by atoms with E-state index in [1.165, 1.54) is 0 Å². The maximum absolute atomic E-state index is 12.7. The monoisotopic (exact) mass is 418 g/mol. The van der Waals surface area contributed by atoms with Crippen LogP contribution in [0.1, 0.15) is 23.1 Å². The summed E-state index contributed by atoms with van der Waals surface area (Å²) >= 11 is 6.23. The Hall–Kier alpha value is -3.64. The third-order valence-electron chi connectivity index (χ3n) is 4.49. The Morgan fingerprint density at radius 2 is 1.67 bits per heavy atom. The van der Waals surface area contributed by atoms with Crippen LogP contribution >= 0.6 is 11.6 Å². The minimum Gasteiger partial charge on any atom is -0.418 e. The Bertz CT molecular complexity index is 1150. The molecule has 0 unspecified atom stereocenters. The molecule has 4 aromatic rings. The van der Waals surface area contributed by atoms with Crippen LogP contribution < -0.4 is 10.6 Å². The average Bonchev–Trinajstić information content (AvgIpc) is 3.25. The molecule has 0 saturated carbocycles. The molecule has 0 aliphatic rings. The van der Waals surface area contributed by atoms with E-state index in [1.54, 1.807) is 12.1 Å². The maximum Gasteiger partial charge on any atom is 0.320 e. The molecule has 7 heteroatoms. The lowest BCUT2D eigenvalue weighted by Gasteiger charge is -2.17. The lowest BCUT2D eigenvalue weighted by molar-refractivity contribution is 0.248. The van der Waals surface area contributed by atoms with E-state index < -0.39 is 12.1 Å². The molecule has 2 N–H and O–H groups in total. The summed E-state index contributed by atoms with van der Waals surface area (Å²) in [7, 11) is 0. The van der Waals surface area contributed by atoms with Crippen molar-refractivity contribution in [2.75, 3.05) is 5.32 Å². The van der Waals surface area contributed by atoms with Gasteiger partial charge in [-0.1, -0.05) is 66.2 Å². The molecule has 0 radical (unpaired) electrons. The zero-order valence-corrected chi connectivity index (χ0v) is 16.9. The third kappa shape index (κ3) is 4.50. The van der Waals surface area contributed by atoms with Crippen LogP contribution in [0.2, 0.25) is 5.02 Å². The highest BCUT2D eigenvalue weighted by molar-refractivity contribution is 6.33. The summed E-state index contributed by atoms with van der Waals surface area (Å²) in [5, 5.41) is 14.4. The number of carbonyl (C=O) groups is 1. The van der Waals surface area contributed by atoms with Crippen LogP contribution in [0.15, 0.2) is 83.3 Å². The highest BCUT2D eigenvalue weighted by atomic mass is 35.5. The van der Waals surface area contributed by atoms with Crippen molar-refractivity contribution in [1.82, 2.24) is 15.5 Å². The van der Waals surface area contributed by atoms with E-state index in [2.05, 4.69) is 20.8 Å². The van der Waals surface area contributed by atoms with E-state index in [0.29, 0.717) is 16.6 Å². The Morgan fingerprint density at radius 3 is 2.37 bits per heavy atom. The van der Waals surface area contributed by atoms with Crippen LogP contribution in [-0.4, -0.2) is 16.2 Å². The molecular weight excluding hydrogens is 400 g/mol. The number of carbonyl (C=O) groups excluding carboxylic acids is 1. The van der Waals surface area contributed by atoms with Crippen LogP contribution in [0.4, 0.5) is 10.5 Å². The molecular formula is C23H19ClN4O2. The summed E-state index contributed by atoms with van der Waals surface area (Å²) in [6, 6.07) is 23.3. The molecule has 30 heavy (non-hydrogen) atoms. The van der Waals surface area contributed by atoms with Crippen LogP contribution in [0.5, 0.6) is 0 Å². The van der Waals surface area contributed by atoms with E-state index >= 15 is 0 Å². The Kier molecular flexibility index (Phi) is 5.77. The van der Waals surface area contributed by atoms with Gasteiger partial charge >= 0.3 is 6.03 Å². The first-order valence-electron chi connectivity index (χ1n) is 9.37. The average molecular weight is 419 g/mol. The van der Waals surface area contributed by atoms with Crippen LogP contribution in [0.3, 0.4) is 0 Å². The summed E-state index contributed by atoms with van der Waals surface area (Å²) in [5.74, 6) is 0.667. The molecule has 0 aliphatic carbocycles. The number of nitrogens with one attached hydrogen (secondary N) is 2. The second-order valence-corrected chi connectivity index (χ2v) is 7.14. The minimum atomic E-state index is -0.625. The highest BCUT2D eigenvalue weighted by Crippen LogP contribution is 2.26. The van der Waals surface area contributed by atoms with E-state index in [4.69, 9.17) is 16.0 Å². The zero-order valence-electron chi connectivity index (χ0n) is 16.2. The number of rotatable bonds is 5. The van der Waals surface area contributed by atoms with Crippen molar-refractivity contribution in [1.29, 1.82) is 0 Å². The molecule has 1 heterocycles. The third-order valence-corrected chi connectivity index (χ3v) is 4.80. The molecule has 1 aromatic heterocycles. The molecule has 1 atom stereocenters. The van der Waals surface area contributed by atoms with Crippen molar-refractivity contribution in [3.63, 3.8) is 0 Å². The summed E-state index contributed by atoms with van der Waals surface area (Å²) in [4.78, 5) is 12.7. The van der Waals surface area contributed by atoms with Gasteiger partial charge in [0.2, 0.25) is 11.8 Å². The number of anilines is 1. The number of aromatic nitrogens is 2. The highest BCUT2D eigenvalue weighted by Gasteiger charge is 2.23. The van der Waals surface area contributed by atoms with Gasteiger partial charge in [0, 0.05) is 5.56 Å². The number of aryl methyl sites for hydroxylation is 1. The number of benzene rings is 3. The normalized spacial score (nSPS) is 11.7. The second kappa shape index (κ2) is 8.80. The number of halogens is 1. The van der Waals surface area contributed by atoms with Crippen molar-refractivity contribution < 1.29 is 9.21 Å². The number of hydrogen-bond donors (Lipinski definition) is 2. The summed E-state index contributed by atoms with van der Waals surface area (Å²) in [6.45, 7) is 1.93. The van der Waals surface area contributed by atoms with Crippen molar-refractivity contribution in [2.45, 2.75) is 13.0 Å². The molecule has 0 bridgehead atoms. The van der Waals surface area contributed by atoms with Gasteiger partial charge in [-0.15, -0.1) is 10.2 Å². The molecule has 0 fully saturated rings. The molecule has 4 rings (SSSR count). The molecule has 150 valence electrons. The first-order valence-corrected chi connectivity index (χ1v) is 9.75. The van der Waals surface area contributed by atoms with Crippen molar-refractivity contribution in [2.24, 2.45) is 0 Å². The van der Waals surface area contributed by atoms with Crippen LogP contribution in [0, 0.1) is 6.92 Å². The SMILES string of the molecule is Cc1ccc(NC(=O)N[C@H](c2ccccc2)c2nnc(-c3ccccc3)o2)c(Cl)c1. The van der Waals surface area contributed by atoms with Gasteiger partial charge in [-0.2, -0.15) is 0 Å². The fourth-order valence-corrected chi connectivity index (χ4v) is 3.28. The number of nitrogens with zero attached hydrogens (tertiary/aromatic N) is 2. The number of urea groups is 1. The molecule has 0 aliphatic heterocycles. The maximum atomic E-state index is 12.7. The predicted octanol–water partition coefficient (Wildman–Crippen LogP) is 5.61. The lowest BCUT2D eigenvalue weighted by Crippen LogP contribution is -2.33. The van der Waals surface area contributed by atoms with Gasteiger partial charge in [0.25, 0.3) is 0 Å². The Balaban J connectivity index is 1.60. The summed E-state index contributed by atoms with van der Waals surface area (Å²) < 4.78 is 5.89. The van der Waals surface area contributed by atoms with Gasteiger partial charge in [0.1, 0.15) is 6.04 Å². The van der Waals surface area contributed by atoms with Gasteiger partial charge in [-0.25, -0.2) is 4.79 Å². The van der Waals surface area contributed by atoms with Gasteiger partial charge in [-0.3, -0.25) is 0 Å². The first-order chi connectivity index (χ1) is 14.6. The lowest BCUT2D eigenvalue weighted by atomic mass is 10.1. The van der Waals surface area contributed by atoms with E-state index in [0.717, 1.165) is 16.7 Å². The Labute approximate surface area is 178 Å². The van der Waals surface area contributed by atoms with Crippen LogP contribution in [0.25, 0.3) is 11.5 Å². The van der Waals surface area contributed by atoms with E-state index in [9.17, 15) is 4.79 Å². The Morgan fingerprint density at radius 1 is 0.967 bits per heavy atom. The number of amides is 2. The summed E-state index contributed by atoms with van der Waals surface area (Å²) in [5.41, 5.74) is 3.14. The molecule has 3 aromatic carbocycles. The molecule has 0 saturated heterocycles. The predicted molar refractivity (Wildman–Crippen MR) is 116 cm³/mol. The second-order valence-electron chi connectivity index (χ2n) is 6.74. The standard InChI is InChI=1S/C23H19ClN4O2/c1-15-12-13-19(18(24)14-15)25-23(29)26-20(16-8-4-2-5-9-16)22-28-27-21(30-22)17-10-6-3-7-11-17/h2-14,20H,1H3,(H2,25,26,29)/t20-/m1/s1. The van der Waals surface area contributed by atoms with E-state index in [-0.39, 0.29) is 5.89 Å². The molecule has 0 spiro atoms. The van der Waals surface area contributed by atoms with Crippen LogP contribution in [-0.2, 0) is 0 Å². The van der Waals surface area contributed by atoms with Crippen molar-refractivity contribution in [3.8, 4) is 11.5 Å². The first kappa shape index (κ1) is 19.7. The topological polar surface area (TPSA) is 80.0 Å².